The van der Waals surface area contributed by atoms with Crippen molar-refractivity contribution in [1.82, 2.24) is 0 Å². The third-order valence-electron chi connectivity index (χ3n) is 2.49. The van der Waals surface area contributed by atoms with Gasteiger partial charge < -0.3 is 10.2 Å². The van der Waals surface area contributed by atoms with E-state index in [9.17, 15) is 0 Å². The molecule has 0 radical (unpaired) electrons. The first-order valence-electron chi connectivity index (χ1n) is 4.13. The second kappa shape index (κ2) is 2.27. The van der Waals surface area contributed by atoms with Crippen LogP contribution in [0.25, 0.3) is 0 Å². The lowest BCUT2D eigenvalue weighted by Gasteiger charge is -2.21. The van der Waals surface area contributed by atoms with Crippen LogP contribution in [0.3, 0.4) is 0 Å². The van der Waals surface area contributed by atoms with Gasteiger partial charge in [-0.25, -0.2) is 0 Å². The molecule has 0 aromatic carbocycles. The maximum Gasteiger partial charge on any atom is 0.127 e. The summed E-state index contributed by atoms with van der Waals surface area (Å²) < 4.78 is 0. The molecule has 1 aliphatic heterocycles. The summed E-state index contributed by atoms with van der Waals surface area (Å²) in [4.78, 5) is 1.89. The Balaban J connectivity index is 1.80. The van der Waals surface area contributed by atoms with Gasteiger partial charge in [-0.15, -0.1) is 0 Å². The molecule has 2 heteroatoms. The lowest BCUT2D eigenvalue weighted by Crippen LogP contribution is -3.21. The molecule has 2 rings (SSSR count). The molecule has 2 fully saturated rings. The van der Waals surface area contributed by atoms with Gasteiger partial charge in [0, 0.05) is 12.8 Å². The lowest BCUT2D eigenvalue weighted by molar-refractivity contribution is -0.955. The predicted octanol–water partition coefficient (Wildman–Crippen LogP) is -2.39. The maximum absolute atomic E-state index is 2.44. The molecule has 0 aromatic rings. The fraction of sp³-hybridized carbons (Fsp3) is 1.00. The quantitative estimate of drug-likeness (QED) is 0.393. The van der Waals surface area contributed by atoms with Crippen LogP contribution in [0.1, 0.15) is 12.8 Å². The van der Waals surface area contributed by atoms with E-state index in [4.69, 9.17) is 0 Å². The Bertz CT molecular complexity index is 93.1. The van der Waals surface area contributed by atoms with Crippen molar-refractivity contribution < 1.29 is 10.2 Å². The van der Waals surface area contributed by atoms with E-state index < -0.39 is 0 Å². The van der Waals surface area contributed by atoms with Gasteiger partial charge in [0.15, 0.2) is 0 Å². The van der Waals surface area contributed by atoms with Crippen molar-refractivity contribution >= 4 is 0 Å². The Morgan fingerprint density at radius 2 is 1.78 bits per heavy atom. The minimum absolute atomic E-state index is 1.08. The SMILES string of the molecule is C1C[NH+](C2CC2)CC[NH2+]1. The van der Waals surface area contributed by atoms with E-state index in [0.29, 0.717) is 0 Å². The van der Waals surface area contributed by atoms with E-state index in [2.05, 4.69) is 5.32 Å². The van der Waals surface area contributed by atoms with Gasteiger partial charge in [-0.3, -0.25) is 0 Å². The van der Waals surface area contributed by atoms with Crippen LogP contribution in [0, 0.1) is 0 Å². The Morgan fingerprint density at radius 3 is 2.33 bits per heavy atom. The van der Waals surface area contributed by atoms with E-state index in [0.717, 1.165) is 6.04 Å². The van der Waals surface area contributed by atoms with Crippen molar-refractivity contribution in [2.45, 2.75) is 18.9 Å². The first-order valence-corrected chi connectivity index (χ1v) is 4.13. The van der Waals surface area contributed by atoms with Crippen molar-refractivity contribution in [3.05, 3.63) is 0 Å². The van der Waals surface area contributed by atoms with E-state index in [-0.39, 0.29) is 0 Å². The highest BCUT2D eigenvalue weighted by Crippen LogP contribution is 2.14. The molecular formula is C7H16N2+2. The van der Waals surface area contributed by atoms with Gasteiger partial charge in [-0.2, -0.15) is 0 Å². The van der Waals surface area contributed by atoms with Crippen molar-refractivity contribution in [2.24, 2.45) is 0 Å². The number of nitrogens with one attached hydrogen (secondary N) is 1. The number of piperazine rings is 1. The van der Waals surface area contributed by atoms with Gasteiger partial charge in [-0.05, 0) is 0 Å². The fourth-order valence-corrected chi connectivity index (χ4v) is 1.74. The molecule has 0 aromatic heterocycles. The molecule has 9 heavy (non-hydrogen) atoms. The van der Waals surface area contributed by atoms with Crippen molar-refractivity contribution in [3.8, 4) is 0 Å². The van der Waals surface area contributed by atoms with E-state index in [1.807, 2.05) is 4.90 Å². The Hall–Kier alpha value is -0.0800. The van der Waals surface area contributed by atoms with Crippen LogP contribution in [-0.2, 0) is 0 Å². The largest absolute Gasteiger partial charge is 0.337 e. The average molecular weight is 128 g/mol. The normalized spacial score (nSPS) is 30.7. The van der Waals surface area contributed by atoms with E-state index in [1.165, 1.54) is 39.0 Å². The molecule has 0 spiro atoms. The Morgan fingerprint density at radius 1 is 1.11 bits per heavy atom. The van der Waals surface area contributed by atoms with Crippen molar-refractivity contribution in [1.29, 1.82) is 0 Å². The van der Waals surface area contributed by atoms with Crippen molar-refractivity contribution in [2.75, 3.05) is 26.2 Å². The highest BCUT2D eigenvalue weighted by molar-refractivity contribution is 4.71. The van der Waals surface area contributed by atoms with E-state index >= 15 is 0 Å². The second-order valence-corrected chi connectivity index (χ2v) is 3.30. The average Bonchev–Trinajstić information content (AvgIpc) is 2.71. The zero-order valence-electron chi connectivity index (χ0n) is 5.90. The summed E-state index contributed by atoms with van der Waals surface area (Å²) in [6.07, 6.45) is 3.02. The van der Waals surface area contributed by atoms with Crippen LogP contribution in [0.4, 0.5) is 0 Å². The van der Waals surface area contributed by atoms with Gasteiger partial charge in [0.25, 0.3) is 0 Å². The molecular weight excluding hydrogens is 112 g/mol. The second-order valence-electron chi connectivity index (χ2n) is 3.30. The highest BCUT2D eigenvalue weighted by Gasteiger charge is 2.34. The molecule has 1 heterocycles. The number of nitrogens with two attached hydrogens (primary N) is 1. The molecule has 0 bridgehead atoms. The molecule has 52 valence electrons. The minimum Gasteiger partial charge on any atom is -0.337 e. The summed E-state index contributed by atoms with van der Waals surface area (Å²) in [7, 11) is 0. The topological polar surface area (TPSA) is 21.1 Å². The molecule has 3 N–H and O–H groups in total. The van der Waals surface area contributed by atoms with Crippen LogP contribution in [0.2, 0.25) is 0 Å². The zero-order valence-corrected chi connectivity index (χ0v) is 5.90. The van der Waals surface area contributed by atoms with Gasteiger partial charge >= 0.3 is 0 Å². The third-order valence-corrected chi connectivity index (χ3v) is 2.49. The lowest BCUT2D eigenvalue weighted by atomic mass is 10.3. The van der Waals surface area contributed by atoms with Crippen LogP contribution in [0.5, 0.6) is 0 Å². The molecule has 0 unspecified atom stereocenters. The standard InChI is InChI=1S/C7H14N2/c1-2-7(1)9-5-3-8-4-6-9/h7-8H,1-6H2/p+2. The molecule has 0 amide bonds. The number of hydrogen-bond donors (Lipinski definition) is 2. The summed E-state index contributed by atoms with van der Waals surface area (Å²) in [6.45, 7) is 5.58. The third kappa shape index (κ3) is 1.25. The maximum atomic E-state index is 2.44. The fourth-order valence-electron chi connectivity index (χ4n) is 1.74. The van der Waals surface area contributed by atoms with Gasteiger partial charge in [-0.1, -0.05) is 0 Å². The first-order chi connectivity index (χ1) is 4.47. The molecule has 1 aliphatic carbocycles. The van der Waals surface area contributed by atoms with Crippen LogP contribution >= 0.6 is 0 Å². The Kier molecular flexibility index (Phi) is 1.44. The van der Waals surface area contributed by atoms with Crippen molar-refractivity contribution in [3.63, 3.8) is 0 Å². The van der Waals surface area contributed by atoms with Gasteiger partial charge in [0.1, 0.15) is 26.2 Å². The number of quaternary nitrogens is 2. The molecule has 2 aliphatic rings. The Labute approximate surface area is 56.2 Å². The minimum atomic E-state index is 1.08. The molecule has 0 atom stereocenters. The summed E-state index contributed by atoms with van der Waals surface area (Å²) >= 11 is 0. The van der Waals surface area contributed by atoms with Crippen LogP contribution in [0.15, 0.2) is 0 Å². The van der Waals surface area contributed by atoms with Gasteiger partial charge in [0.05, 0.1) is 6.04 Å². The van der Waals surface area contributed by atoms with Crippen LogP contribution < -0.4 is 10.2 Å². The number of rotatable bonds is 1. The summed E-state index contributed by atoms with van der Waals surface area (Å²) in [5.74, 6) is 0. The predicted molar refractivity (Wildman–Crippen MR) is 35.4 cm³/mol. The summed E-state index contributed by atoms with van der Waals surface area (Å²) in [5, 5.41) is 2.44. The van der Waals surface area contributed by atoms with E-state index in [1.54, 1.807) is 0 Å². The molecule has 1 saturated heterocycles. The summed E-state index contributed by atoms with van der Waals surface area (Å²) in [5.41, 5.74) is 0. The summed E-state index contributed by atoms with van der Waals surface area (Å²) in [6, 6.07) is 1.08. The first kappa shape index (κ1) is 5.69. The molecule has 1 saturated carbocycles. The van der Waals surface area contributed by atoms with Crippen LogP contribution in [-0.4, -0.2) is 32.2 Å². The number of hydrogen-bond acceptors (Lipinski definition) is 0. The highest BCUT2D eigenvalue weighted by atomic mass is 15.2. The smallest absolute Gasteiger partial charge is 0.127 e. The monoisotopic (exact) mass is 128 g/mol. The molecule has 2 nitrogen and oxygen atoms in total. The zero-order chi connectivity index (χ0) is 6.10. The van der Waals surface area contributed by atoms with Gasteiger partial charge in [0.2, 0.25) is 0 Å².